The fourth-order valence-electron chi connectivity index (χ4n) is 0.129. The standard InChI is InChI=1S/C3H8N2.K.H/c1-4-3-5-2;;/h3H,1-2H3,(H,4,5);;/q;+1;-1. The number of nitrogens with zero attached hydrogens (tertiary/aromatic N) is 1. The van der Waals surface area contributed by atoms with Gasteiger partial charge in [0.15, 0.2) is 0 Å². The Morgan fingerprint density at radius 3 is 2.33 bits per heavy atom. The van der Waals surface area contributed by atoms with E-state index in [0.717, 1.165) is 0 Å². The van der Waals surface area contributed by atoms with Crippen LogP contribution in [0.3, 0.4) is 0 Å². The Bertz CT molecular complexity index is 39.9. The summed E-state index contributed by atoms with van der Waals surface area (Å²) in [5.41, 5.74) is 0. The van der Waals surface area contributed by atoms with Crippen LogP contribution in [0.15, 0.2) is 4.99 Å². The van der Waals surface area contributed by atoms with Crippen molar-refractivity contribution in [1.82, 2.24) is 5.32 Å². The fraction of sp³-hybridized carbons (Fsp3) is 0.667. The van der Waals surface area contributed by atoms with Crippen molar-refractivity contribution in [2.24, 2.45) is 4.99 Å². The number of hydrogen-bond donors (Lipinski definition) is 1. The maximum Gasteiger partial charge on any atom is 1.00 e. The minimum absolute atomic E-state index is 0. The zero-order valence-corrected chi connectivity index (χ0v) is 7.65. The average molecular weight is 112 g/mol. The Labute approximate surface area is 82.3 Å². The van der Waals surface area contributed by atoms with Crippen LogP contribution in [0.25, 0.3) is 0 Å². The third kappa shape index (κ3) is 8.92. The summed E-state index contributed by atoms with van der Waals surface area (Å²) in [6.07, 6.45) is 1.62. The van der Waals surface area contributed by atoms with Crippen molar-refractivity contribution >= 4 is 6.34 Å². The quantitative estimate of drug-likeness (QED) is 0.218. The van der Waals surface area contributed by atoms with Gasteiger partial charge in [0.1, 0.15) is 0 Å². The van der Waals surface area contributed by atoms with Gasteiger partial charge in [-0.1, -0.05) is 0 Å². The molecule has 0 aliphatic heterocycles. The van der Waals surface area contributed by atoms with E-state index < -0.39 is 0 Å². The summed E-state index contributed by atoms with van der Waals surface area (Å²) in [5.74, 6) is 0. The molecule has 0 bridgehead atoms. The Morgan fingerprint density at radius 2 is 2.33 bits per heavy atom. The van der Waals surface area contributed by atoms with E-state index in [4.69, 9.17) is 0 Å². The van der Waals surface area contributed by atoms with Crippen molar-refractivity contribution in [2.45, 2.75) is 0 Å². The predicted molar refractivity (Wildman–Crippen MR) is 24.6 cm³/mol. The topological polar surface area (TPSA) is 24.4 Å². The van der Waals surface area contributed by atoms with Gasteiger partial charge in [-0.3, -0.25) is 4.99 Å². The third-order valence-corrected chi connectivity index (χ3v) is 0.258. The van der Waals surface area contributed by atoms with Crippen molar-refractivity contribution in [3.63, 3.8) is 0 Å². The molecule has 2 nitrogen and oxygen atoms in total. The summed E-state index contributed by atoms with van der Waals surface area (Å²) >= 11 is 0. The molecule has 0 aromatic heterocycles. The first-order valence-electron chi connectivity index (χ1n) is 1.49. The minimum Gasteiger partial charge on any atom is -1.00 e. The molecule has 0 heterocycles. The summed E-state index contributed by atoms with van der Waals surface area (Å²) in [6.45, 7) is 0. The van der Waals surface area contributed by atoms with E-state index in [0.29, 0.717) is 0 Å². The number of hydrogen-bond acceptors (Lipinski definition) is 1. The van der Waals surface area contributed by atoms with Crippen LogP contribution in [0.5, 0.6) is 0 Å². The second kappa shape index (κ2) is 9.44. The molecule has 0 atom stereocenters. The zero-order valence-electron chi connectivity index (χ0n) is 5.52. The number of aliphatic imine (C=N–C) groups is 1. The van der Waals surface area contributed by atoms with Crippen LogP contribution >= 0.6 is 0 Å². The van der Waals surface area contributed by atoms with E-state index in [2.05, 4.69) is 10.3 Å². The Balaban J connectivity index is -0.0000000800. The molecule has 0 radical (unpaired) electrons. The van der Waals surface area contributed by atoms with Gasteiger partial charge in [0.25, 0.3) is 0 Å². The first-order valence-corrected chi connectivity index (χ1v) is 1.49. The van der Waals surface area contributed by atoms with Crippen molar-refractivity contribution in [2.75, 3.05) is 14.1 Å². The number of rotatable bonds is 1. The van der Waals surface area contributed by atoms with Crippen LogP contribution in [0.1, 0.15) is 1.43 Å². The first-order chi connectivity index (χ1) is 2.41. The molecule has 1 N–H and O–H groups in total. The van der Waals surface area contributed by atoms with Gasteiger partial charge < -0.3 is 6.74 Å². The molecule has 0 saturated heterocycles. The molecule has 0 aromatic rings. The first kappa shape index (κ1) is 10.2. The van der Waals surface area contributed by atoms with Crippen molar-refractivity contribution in [1.29, 1.82) is 0 Å². The summed E-state index contributed by atoms with van der Waals surface area (Å²) in [7, 11) is 3.53. The number of nitrogens with one attached hydrogen (secondary N) is 1. The van der Waals surface area contributed by atoms with E-state index in [9.17, 15) is 0 Å². The Hall–Kier alpha value is 1.11. The monoisotopic (exact) mass is 112 g/mol. The summed E-state index contributed by atoms with van der Waals surface area (Å²) in [4.78, 5) is 3.62. The molecule has 0 fully saturated rings. The molecule has 0 aliphatic carbocycles. The fourth-order valence-corrected chi connectivity index (χ4v) is 0.129. The molecule has 6 heavy (non-hydrogen) atoms. The molecule has 0 aromatic carbocycles. The van der Waals surface area contributed by atoms with E-state index in [1.807, 2.05) is 7.05 Å². The molecule has 0 amide bonds. The van der Waals surface area contributed by atoms with Crippen LogP contribution in [0, 0.1) is 0 Å². The summed E-state index contributed by atoms with van der Waals surface area (Å²) < 4.78 is 0. The smallest absolute Gasteiger partial charge is 1.00 e. The average Bonchev–Trinajstić information content (AvgIpc) is 1.41. The van der Waals surface area contributed by atoms with Gasteiger partial charge >= 0.3 is 51.4 Å². The van der Waals surface area contributed by atoms with E-state index >= 15 is 0 Å². The molecular formula is C3H9KN2. The minimum atomic E-state index is 0. The van der Waals surface area contributed by atoms with E-state index in [1.54, 1.807) is 13.4 Å². The molecule has 32 valence electrons. The molecular weight excluding hydrogens is 103 g/mol. The molecule has 0 unspecified atom stereocenters. The second-order valence-electron chi connectivity index (χ2n) is 0.676. The van der Waals surface area contributed by atoms with Crippen molar-refractivity contribution in [3.05, 3.63) is 0 Å². The van der Waals surface area contributed by atoms with Gasteiger partial charge in [0.2, 0.25) is 0 Å². The molecule has 0 aliphatic rings. The van der Waals surface area contributed by atoms with Crippen LogP contribution in [-0.4, -0.2) is 20.4 Å². The maximum atomic E-state index is 3.62. The predicted octanol–water partition coefficient (Wildman–Crippen LogP) is -3.02. The van der Waals surface area contributed by atoms with E-state index in [-0.39, 0.29) is 52.8 Å². The van der Waals surface area contributed by atoms with Crippen LogP contribution < -0.4 is 56.7 Å². The molecule has 0 saturated carbocycles. The SMILES string of the molecule is CN=CNC.[H-].[K+]. The molecule has 0 rings (SSSR count). The van der Waals surface area contributed by atoms with Crippen molar-refractivity contribution < 1.29 is 52.8 Å². The molecule has 3 heteroatoms. The van der Waals surface area contributed by atoms with E-state index in [1.165, 1.54) is 0 Å². The summed E-state index contributed by atoms with van der Waals surface area (Å²) in [6, 6.07) is 0. The van der Waals surface area contributed by atoms with Crippen molar-refractivity contribution in [3.8, 4) is 0 Å². The van der Waals surface area contributed by atoms with Gasteiger partial charge in [-0.15, -0.1) is 0 Å². The third-order valence-electron chi connectivity index (χ3n) is 0.258. The normalized spacial score (nSPS) is 7.67. The maximum absolute atomic E-state index is 3.62. The van der Waals surface area contributed by atoms with Gasteiger partial charge in [-0.05, 0) is 0 Å². The van der Waals surface area contributed by atoms with Gasteiger partial charge in [-0.25, -0.2) is 0 Å². The molecule has 0 spiro atoms. The zero-order chi connectivity index (χ0) is 4.12. The van der Waals surface area contributed by atoms with Gasteiger partial charge in [0.05, 0.1) is 6.34 Å². The van der Waals surface area contributed by atoms with Crippen LogP contribution in [0.2, 0.25) is 0 Å². The largest absolute Gasteiger partial charge is 1.00 e. The van der Waals surface area contributed by atoms with Gasteiger partial charge in [-0.2, -0.15) is 0 Å². The summed E-state index contributed by atoms with van der Waals surface area (Å²) in [5, 5.41) is 2.73. The van der Waals surface area contributed by atoms with Gasteiger partial charge in [0, 0.05) is 14.1 Å². The van der Waals surface area contributed by atoms with Crippen LogP contribution in [0.4, 0.5) is 0 Å². The Morgan fingerprint density at radius 1 is 1.83 bits per heavy atom. The Kier molecular flexibility index (Phi) is 16.0. The second-order valence-corrected chi connectivity index (χ2v) is 0.676. The van der Waals surface area contributed by atoms with Crippen LogP contribution in [-0.2, 0) is 0 Å².